The first-order valence-electron chi connectivity index (χ1n) is 9.77. The van der Waals surface area contributed by atoms with Crippen molar-refractivity contribution in [2.24, 2.45) is 0 Å². The molecule has 0 bridgehead atoms. The van der Waals surface area contributed by atoms with Gasteiger partial charge < -0.3 is 9.64 Å². The minimum atomic E-state index is -0.499. The molecule has 3 rings (SSSR count). The zero-order valence-electron chi connectivity index (χ0n) is 17.4. The molecule has 0 aliphatic carbocycles. The van der Waals surface area contributed by atoms with E-state index in [2.05, 4.69) is 21.4 Å². The molecule has 1 aliphatic heterocycles. The fourth-order valence-electron chi connectivity index (χ4n) is 3.03. The Morgan fingerprint density at radius 1 is 1.37 bits per heavy atom. The molecule has 9 nitrogen and oxygen atoms in total. The first kappa shape index (κ1) is 21.8. The Bertz CT molecular complexity index is 940. The highest BCUT2D eigenvalue weighted by Crippen LogP contribution is 2.26. The number of thiazole rings is 1. The third-order valence-corrected chi connectivity index (χ3v) is 5.49. The van der Waals surface area contributed by atoms with Gasteiger partial charge in [0.1, 0.15) is 5.60 Å². The second kappa shape index (κ2) is 9.28. The van der Waals surface area contributed by atoms with Crippen LogP contribution in [-0.2, 0) is 9.53 Å². The molecule has 1 saturated heterocycles. The van der Waals surface area contributed by atoms with Crippen molar-refractivity contribution < 1.29 is 14.3 Å². The molecule has 10 heteroatoms. The number of hydrogen-bond acceptors (Lipinski definition) is 8. The van der Waals surface area contributed by atoms with Gasteiger partial charge in [-0.05, 0) is 39.0 Å². The van der Waals surface area contributed by atoms with E-state index in [-0.39, 0.29) is 6.09 Å². The number of carbonyl (C=O) groups is 2. The highest BCUT2D eigenvalue weighted by Gasteiger charge is 2.25. The number of ether oxygens (including phenoxy) is 1. The Kier molecular flexibility index (Phi) is 6.74. The second-order valence-corrected chi connectivity index (χ2v) is 9.06. The van der Waals surface area contributed by atoms with Crippen molar-refractivity contribution in [2.75, 3.05) is 44.7 Å². The Balaban J connectivity index is 1.48. The van der Waals surface area contributed by atoms with E-state index in [1.54, 1.807) is 23.1 Å². The maximum atomic E-state index is 12.1. The SMILES string of the molecule is CC(C)(C)OC(=O)N1CCN(CCN(C=O)Nc2nc3ccc(C#N)cc3s2)CC1. The van der Waals surface area contributed by atoms with Crippen LogP contribution < -0.4 is 5.43 Å². The van der Waals surface area contributed by atoms with Crippen LogP contribution in [0, 0.1) is 11.3 Å². The van der Waals surface area contributed by atoms with Crippen LogP contribution in [0.25, 0.3) is 10.2 Å². The summed E-state index contributed by atoms with van der Waals surface area (Å²) < 4.78 is 6.30. The number of amides is 2. The van der Waals surface area contributed by atoms with Gasteiger partial charge in [-0.1, -0.05) is 11.3 Å². The van der Waals surface area contributed by atoms with Gasteiger partial charge in [-0.3, -0.25) is 20.1 Å². The smallest absolute Gasteiger partial charge is 0.410 e. The number of fused-ring (bicyclic) bond motifs is 1. The Morgan fingerprint density at radius 2 is 2.10 bits per heavy atom. The average molecular weight is 431 g/mol. The number of rotatable bonds is 6. The lowest BCUT2D eigenvalue weighted by Gasteiger charge is -2.36. The number of hydrogen-bond donors (Lipinski definition) is 1. The van der Waals surface area contributed by atoms with Crippen LogP contribution >= 0.6 is 11.3 Å². The maximum Gasteiger partial charge on any atom is 0.410 e. The summed E-state index contributed by atoms with van der Waals surface area (Å²) >= 11 is 1.39. The third-order valence-electron chi connectivity index (χ3n) is 4.57. The number of hydrazine groups is 1. The van der Waals surface area contributed by atoms with Crippen LogP contribution in [0.2, 0.25) is 0 Å². The Labute approximate surface area is 179 Å². The fraction of sp³-hybridized carbons (Fsp3) is 0.500. The summed E-state index contributed by atoms with van der Waals surface area (Å²) in [7, 11) is 0. The highest BCUT2D eigenvalue weighted by molar-refractivity contribution is 7.22. The summed E-state index contributed by atoms with van der Waals surface area (Å²) in [5, 5.41) is 11.1. The maximum absolute atomic E-state index is 12.1. The standard InChI is InChI=1S/C20H26N6O3S/c1-20(2,3)29-19(28)25-9-6-24(7-10-25)8-11-26(14-27)23-18-22-16-5-4-15(13-21)12-17(16)30-18/h4-5,12,14H,6-11H2,1-3H3,(H,22,23). The molecule has 2 heterocycles. The summed E-state index contributed by atoms with van der Waals surface area (Å²) in [6.07, 6.45) is 0.456. The van der Waals surface area contributed by atoms with E-state index in [0.717, 1.165) is 29.7 Å². The number of anilines is 1. The number of nitrogens with one attached hydrogen (secondary N) is 1. The zero-order chi connectivity index (χ0) is 21.7. The molecular weight excluding hydrogens is 404 g/mol. The number of piperazine rings is 1. The van der Waals surface area contributed by atoms with Crippen molar-refractivity contribution >= 4 is 39.2 Å². The Morgan fingerprint density at radius 3 is 2.73 bits per heavy atom. The van der Waals surface area contributed by atoms with E-state index in [0.29, 0.717) is 36.9 Å². The van der Waals surface area contributed by atoms with E-state index in [4.69, 9.17) is 10.00 Å². The molecule has 0 atom stereocenters. The van der Waals surface area contributed by atoms with Gasteiger partial charge >= 0.3 is 6.09 Å². The molecule has 1 N–H and O–H groups in total. The summed E-state index contributed by atoms with van der Waals surface area (Å²) in [6.45, 7) is 9.38. The van der Waals surface area contributed by atoms with Crippen LogP contribution in [0.5, 0.6) is 0 Å². The van der Waals surface area contributed by atoms with Crippen LogP contribution in [0.3, 0.4) is 0 Å². The first-order chi connectivity index (χ1) is 14.3. The lowest BCUT2D eigenvalue weighted by molar-refractivity contribution is -0.117. The van der Waals surface area contributed by atoms with Crippen LogP contribution in [-0.4, -0.2) is 77.2 Å². The van der Waals surface area contributed by atoms with E-state index in [1.807, 2.05) is 20.8 Å². The second-order valence-electron chi connectivity index (χ2n) is 8.03. The molecule has 0 saturated carbocycles. The third kappa shape index (κ3) is 5.81. The van der Waals surface area contributed by atoms with Crippen LogP contribution in [0.4, 0.5) is 9.93 Å². The summed E-state index contributed by atoms with van der Waals surface area (Å²) in [6, 6.07) is 7.42. The average Bonchev–Trinajstić information content (AvgIpc) is 3.11. The number of nitrogens with zero attached hydrogens (tertiary/aromatic N) is 5. The highest BCUT2D eigenvalue weighted by atomic mass is 32.1. The zero-order valence-corrected chi connectivity index (χ0v) is 18.2. The predicted molar refractivity (Wildman–Crippen MR) is 115 cm³/mol. The number of aromatic nitrogens is 1. The number of nitriles is 1. The molecule has 0 radical (unpaired) electrons. The molecule has 160 valence electrons. The fourth-order valence-corrected chi connectivity index (χ4v) is 3.95. The molecule has 0 unspecified atom stereocenters. The van der Waals surface area contributed by atoms with E-state index >= 15 is 0 Å². The van der Waals surface area contributed by atoms with Crippen LogP contribution in [0.1, 0.15) is 26.3 Å². The largest absolute Gasteiger partial charge is 0.444 e. The van der Waals surface area contributed by atoms with Crippen molar-refractivity contribution in [3.63, 3.8) is 0 Å². The van der Waals surface area contributed by atoms with E-state index in [1.165, 1.54) is 16.3 Å². The van der Waals surface area contributed by atoms with Gasteiger partial charge in [0.2, 0.25) is 11.5 Å². The molecule has 2 amide bonds. The molecule has 0 spiro atoms. The molecule has 1 aromatic carbocycles. The molecule has 30 heavy (non-hydrogen) atoms. The van der Waals surface area contributed by atoms with Gasteiger partial charge in [0.05, 0.1) is 28.4 Å². The van der Waals surface area contributed by atoms with Gasteiger partial charge in [-0.15, -0.1) is 0 Å². The van der Waals surface area contributed by atoms with Gasteiger partial charge in [-0.2, -0.15) is 5.26 Å². The van der Waals surface area contributed by atoms with Crippen molar-refractivity contribution in [2.45, 2.75) is 26.4 Å². The van der Waals surface area contributed by atoms with E-state index in [9.17, 15) is 9.59 Å². The van der Waals surface area contributed by atoms with Crippen molar-refractivity contribution in [3.05, 3.63) is 23.8 Å². The van der Waals surface area contributed by atoms with Gasteiger partial charge in [-0.25, -0.2) is 9.78 Å². The topological polar surface area (TPSA) is 102 Å². The molecule has 1 aliphatic rings. The molecule has 1 aromatic heterocycles. The number of benzene rings is 1. The Hall–Kier alpha value is -2.90. The summed E-state index contributed by atoms with van der Waals surface area (Å²) in [4.78, 5) is 32.0. The van der Waals surface area contributed by atoms with E-state index < -0.39 is 5.60 Å². The minimum absolute atomic E-state index is 0.284. The van der Waals surface area contributed by atoms with Crippen LogP contribution in [0.15, 0.2) is 18.2 Å². The quantitative estimate of drug-likeness (QED) is 0.555. The lowest BCUT2D eigenvalue weighted by atomic mass is 10.2. The molecule has 2 aromatic rings. The van der Waals surface area contributed by atoms with Gasteiger partial charge in [0, 0.05) is 32.7 Å². The van der Waals surface area contributed by atoms with Gasteiger partial charge in [0.15, 0.2) is 0 Å². The van der Waals surface area contributed by atoms with Crippen molar-refractivity contribution in [3.8, 4) is 6.07 Å². The lowest BCUT2D eigenvalue weighted by Crippen LogP contribution is -2.51. The van der Waals surface area contributed by atoms with Crippen molar-refractivity contribution in [1.29, 1.82) is 5.26 Å². The molecule has 1 fully saturated rings. The van der Waals surface area contributed by atoms with Crippen molar-refractivity contribution in [1.82, 2.24) is 19.8 Å². The first-order valence-corrected chi connectivity index (χ1v) is 10.6. The molecular formula is C20H26N6O3S. The normalized spacial score (nSPS) is 14.9. The summed E-state index contributed by atoms with van der Waals surface area (Å²) in [5.74, 6) is 0. The predicted octanol–water partition coefficient (Wildman–Crippen LogP) is 2.51. The summed E-state index contributed by atoms with van der Waals surface area (Å²) in [5.41, 5.74) is 3.89. The van der Waals surface area contributed by atoms with Gasteiger partial charge in [0.25, 0.3) is 0 Å². The number of carbonyl (C=O) groups excluding carboxylic acids is 2. The minimum Gasteiger partial charge on any atom is -0.444 e. The monoisotopic (exact) mass is 430 g/mol.